The molecule has 176 valence electrons. The fourth-order valence-electron chi connectivity index (χ4n) is 5.85. The Bertz CT molecular complexity index is 741. The summed E-state index contributed by atoms with van der Waals surface area (Å²) in [7, 11) is 0. The Morgan fingerprint density at radius 1 is 0.875 bits per heavy atom. The van der Waals surface area contributed by atoms with Crippen molar-refractivity contribution in [1.82, 2.24) is 9.80 Å². The summed E-state index contributed by atoms with van der Waals surface area (Å²) in [5.41, 5.74) is -0.300. The van der Waals surface area contributed by atoms with Crippen LogP contribution in [-0.4, -0.2) is 54.4 Å². The van der Waals surface area contributed by atoms with Crippen molar-refractivity contribution in [2.24, 2.45) is 11.3 Å². The van der Waals surface area contributed by atoms with Gasteiger partial charge in [0.1, 0.15) is 5.75 Å². The van der Waals surface area contributed by atoms with Crippen molar-refractivity contribution in [3.05, 3.63) is 30.3 Å². The molecule has 1 atom stereocenters. The van der Waals surface area contributed by atoms with Gasteiger partial charge in [-0.05, 0) is 56.6 Å². The van der Waals surface area contributed by atoms with Gasteiger partial charge in [-0.25, -0.2) is 0 Å². The average molecular weight is 441 g/mol. The van der Waals surface area contributed by atoms with E-state index in [2.05, 4.69) is 0 Å². The van der Waals surface area contributed by atoms with Crippen LogP contribution in [0.2, 0.25) is 0 Å². The Morgan fingerprint density at radius 3 is 2.34 bits per heavy atom. The molecule has 0 bridgehead atoms. The zero-order valence-corrected chi connectivity index (χ0v) is 19.6. The molecular weight excluding hydrogens is 400 g/mol. The van der Waals surface area contributed by atoms with Crippen LogP contribution in [0.5, 0.6) is 5.75 Å². The molecule has 0 aromatic heterocycles. The summed E-state index contributed by atoms with van der Waals surface area (Å²) in [5.74, 6) is 2.07. The molecule has 2 saturated heterocycles. The second-order valence-corrected chi connectivity index (χ2v) is 10.3. The largest absolute Gasteiger partial charge is 0.493 e. The van der Waals surface area contributed by atoms with Crippen LogP contribution in [0.15, 0.2) is 30.3 Å². The molecule has 1 aromatic carbocycles. The van der Waals surface area contributed by atoms with Gasteiger partial charge in [-0.15, -0.1) is 0 Å². The van der Waals surface area contributed by atoms with E-state index in [1.165, 1.54) is 32.1 Å². The highest BCUT2D eigenvalue weighted by atomic mass is 16.5. The first-order valence-electron chi connectivity index (χ1n) is 12.9. The van der Waals surface area contributed by atoms with Crippen molar-refractivity contribution < 1.29 is 14.3 Å². The molecule has 3 aliphatic rings. The van der Waals surface area contributed by atoms with Gasteiger partial charge >= 0.3 is 0 Å². The molecule has 2 amide bonds. The van der Waals surface area contributed by atoms with Gasteiger partial charge in [-0.1, -0.05) is 43.9 Å². The Labute approximate surface area is 193 Å². The number of carbonyl (C=O) groups is 2. The predicted octanol–water partition coefficient (Wildman–Crippen LogP) is 5.05. The highest BCUT2D eigenvalue weighted by Gasteiger charge is 2.41. The highest BCUT2D eigenvalue weighted by Crippen LogP contribution is 2.36. The number of benzene rings is 1. The third-order valence-corrected chi connectivity index (χ3v) is 7.78. The number of hydrogen-bond donors (Lipinski definition) is 0. The quantitative estimate of drug-likeness (QED) is 0.569. The summed E-state index contributed by atoms with van der Waals surface area (Å²) in [6, 6.07) is 9.86. The van der Waals surface area contributed by atoms with E-state index in [0.29, 0.717) is 26.0 Å². The lowest BCUT2D eigenvalue weighted by Crippen LogP contribution is -2.51. The monoisotopic (exact) mass is 440 g/mol. The highest BCUT2D eigenvalue weighted by molar-refractivity contribution is 5.78. The molecule has 1 aromatic rings. The first kappa shape index (κ1) is 23.1. The van der Waals surface area contributed by atoms with Gasteiger partial charge in [0.05, 0.1) is 6.61 Å². The maximum atomic E-state index is 13.2. The van der Waals surface area contributed by atoms with Crippen molar-refractivity contribution >= 4 is 11.8 Å². The van der Waals surface area contributed by atoms with E-state index in [0.717, 1.165) is 63.4 Å². The molecule has 3 fully saturated rings. The third-order valence-electron chi connectivity index (χ3n) is 7.78. The predicted molar refractivity (Wildman–Crippen MR) is 126 cm³/mol. The Morgan fingerprint density at radius 2 is 1.59 bits per heavy atom. The van der Waals surface area contributed by atoms with E-state index in [4.69, 9.17) is 4.74 Å². The average Bonchev–Trinajstić information content (AvgIpc) is 3.36. The number of carbonyl (C=O) groups excluding carboxylic acids is 2. The van der Waals surface area contributed by atoms with Crippen LogP contribution in [0.25, 0.3) is 0 Å². The van der Waals surface area contributed by atoms with Gasteiger partial charge in [0.25, 0.3) is 0 Å². The first-order chi connectivity index (χ1) is 15.6. The summed E-state index contributed by atoms with van der Waals surface area (Å²) in [5, 5.41) is 0. The smallest absolute Gasteiger partial charge is 0.223 e. The number of hydrogen-bond acceptors (Lipinski definition) is 3. The topological polar surface area (TPSA) is 49.9 Å². The van der Waals surface area contributed by atoms with Crippen molar-refractivity contribution in [3.8, 4) is 5.75 Å². The molecule has 4 rings (SSSR count). The van der Waals surface area contributed by atoms with Gasteiger partial charge < -0.3 is 14.5 Å². The molecule has 0 radical (unpaired) electrons. The lowest BCUT2D eigenvalue weighted by molar-refractivity contribution is -0.142. The lowest BCUT2D eigenvalue weighted by atomic mass is 9.77. The normalized spacial score (nSPS) is 24.5. The summed E-state index contributed by atoms with van der Waals surface area (Å²) in [6.07, 6.45) is 12.7. The van der Waals surface area contributed by atoms with E-state index in [-0.39, 0.29) is 17.2 Å². The van der Waals surface area contributed by atoms with Gasteiger partial charge in [0.15, 0.2) is 0 Å². The second-order valence-electron chi connectivity index (χ2n) is 10.3. The van der Waals surface area contributed by atoms with Crippen LogP contribution in [-0.2, 0) is 9.59 Å². The van der Waals surface area contributed by atoms with E-state index in [1.54, 1.807) is 0 Å². The zero-order valence-electron chi connectivity index (χ0n) is 19.6. The molecule has 2 aliphatic heterocycles. The maximum Gasteiger partial charge on any atom is 0.223 e. The molecule has 1 aliphatic carbocycles. The van der Waals surface area contributed by atoms with Crippen molar-refractivity contribution in [2.45, 2.75) is 77.0 Å². The minimum absolute atomic E-state index is 0.238. The van der Waals surface area contributed by atoms with Gasteiger partial charge in [-0.2, -0.15) is 0 Å². The van der Waals surface area contributed by atoms with Crippen LogP contribution in [0, 0.1) is 11.3 Å². The fourth-order valence-corrected chi connectivity index (χ4v) is 5.85. The Hall–Kier alpha value is -2.04. The van der Waals surface area contributed by atoms with Crippen LogP contribution in [0.1, 0.15) is 77.0 Å². The molecule has 2 heterocycles. The van der Waals surface area contributed by atoms with Crippen LogP contribution in [0.3, 0.4) is 0 Å². The van der Waals surface area contributed by atoms with E-state index in [9.17, 15) is 9.59 Å². The number of nitrogens with zero attached hydrogens (tertiary/aromatic N) is 2. The first-order valence-corrected chi connectivity index (χ1v) is 12.9. The molecule has 0 unspecified atom stereocenters. The van der Waals surface area contributed by atoms with Crippen molar-refractivity contribution in [1.29, 1.82) is 0 Å². The lowest BCUT2D eigenvalue weighted by Gasteiger charge is -2.43. The number of piperidine rings is 2. The molecule has 5 heteroatoms. The Balaban J connectivity index is 1.41. The zero-order chi connectivity index (χ0) is 22.2. The van der Waals surface area contributed by atoms with Crippen LogP contribution >= 0.6 is 0 Å². The SMILES string of the molecule is O=C(C[C@]1(COc2ccccc2)CCCN(C(=O)CCC2CCCC2)C1)N1CCCCC1. The van der Waals surface area contributed by atoms with E-state index in [1.807, 2.05) is 40.1 Å². The summed E-state index contributed by atoms with van der Waals surface area (Å²) >= 11 is 0. The number of ether oxygens (including phenoxy) is 1. The number of amides is 2. The van der Waals surface area contributed by atoms with Gasteiger partial charge in [-0.3, -0.25) is 9.59 Å². The van der Waals surface area contributed by atoms with Crippen molar-refractivity contribution in [2.75, 3.05) is 32.8 Å². The van der Waals surface area contributed by atoms with Crippen LogP contribution in [0.4, 0.5) is 0 Å². The summed E-state index contributed by atoms with van der Waals surface area (Å²) in [6.45, 7) is 3.69. The molecule has 0 N–H and O–H groups in total. The van der Waals surface area contributed by atoms with Crippen molar-refractivity contribution in [3.63, 3.8) is 0 Å². The molecule has 0 spiro atoms. The Kier molecular flexibility index (Phi) is 8.10. The molecular formula is C27H40N2O3. The number of likely N-dealkylation sites (tertiary alicyclic amines) is 2. The third kappa shape index (κ3) is 6.26. The van der Waals surface area contributed by atoms with E-state index >= 15 is 0 Å². The molecule has 1 saturated carbocycles. The maximum absolute atomic E-state index is 13.2. The minimum Gasteiger partial charge on any atom is -0.493 e. The van der Waals surface area contributed by atoms with E-state index < -0.39 is 0 Å². The molecule has 32 heavy (non-hydrogen) atoms. The second kappa shape index (κ2) is 11.2. The van der Waals surface area contributed by atoms with Crippen LogP contribution < -0.4 is 4.74 Å². The number of para-hydroxylation sites is 1. The van der Waals surface area contributed by atoms with Gasteiger partial charge in [0, 0.05) is 44.4 Å². The fraction of sp³-hybridized carbons (Fsp3) is 0.704. The molecule has 5 nitrogen and oxygen atoms in total. The summed E-state index contributed by atoms with van der Waals surface area (Å²) < 4.78 is 6.20. The summed E-state index contributed by atoms with van der Waals surface area (Å²) in [4.78, 5) is 30.4. The number of rotatable bonds is 8. The standard InChI is InChI=1S/C27H40N2O3/c30-25(15-14-23-10-5-6-11-23)29-19-9-16-27(21-29,22-32-24-12-3-1-4-13-24)20-26(31)28-17-7-2-8-18-28/h1,3-4,12-13,23H,2,5-11,14-22H2/t27-/m1/s1. The minimum atomic E-state index is -0.300. The van der Waals surface area contributed by atoms with Gasteiger partial charge in [0.2, 0.25) is 11.8 Å².